The smallest absolute Gasteiger partial charge is 0.239 e. The zero-order valence-electron chi connectivity index (χ0n) is 9.10. The molecule has 16 heavy (non-hydrogen) atoms. The number of primary amides is 1. The Kier molecular flexibility index (Phi) is 2.64. The summed E-state index contributed by atoms with van der Waals surface area (Å²) >= 11 is 0. The summed E-state index contributed by atoms with van der Waals surface area (Å²) in [6, 6.07) is 1.13. The first-order chi connectivity index (χ1) is 7.56. The molecule has 86 valence electrons. The minimum Gasteiger partial charge on any atom is -0.384 e. The highest BCUT2D eigenvalue weighted by atomic mass is 16.1. The molecular weight excluding hydrogens is 206 g/mol. The Bertz CT molecular complexity index is 416. The number of carbonyl (C=O) groups excluding carboxylic acids is 1. The van der Waals surface area contributed by atoms with Gasteiger partial charge in [0.2, 0.25) is 5.91 Å². The van der Waals surface area contributed by atoms with E-state index in [4.69, 9.17) is 11.5 Å². The van der Waals surface area contributed by atoms with Gasteiger partial charge in [-0.3, -0.25) is 4.79 Å². The maximum absolute atomic E-state index is 10.9. The minimum absolute atomic E-state index is 0.413. The number of carbonyl (C=O) groups is 1. The van der Waals surface area contributed by atoms with Crippen LogP contribution in [0.15, 0.2) is 6.07 Å². The van der Waals surface area contributed by atoms with Gasteiger partial charge in [-0.25, -0.2) is 9.97 Å². The largest absolute Gasteiger partial charge is 0.384 e. The number of nitrogens with zero attached hydrogens (tertiary/aromatic N) is 2. The Hall–Kier alpha value is -1.85. The van der Waals surface area contributed by atoms with Crippen LogP contribution >= 0.6 is 0 Å². The van der Waals surface area contributed by atoms with E-state index in [-0.39, 0.29) is 0 Å². The van der Waals surface area contributed by atoms with E-state index in [0.717, 1.165) is 18.7 Å². The van der Waals surface area contributed by atoms with Crippen LogP contribution in [-0.4, -0.2) is 21.9 Å². The number of anilines is 2. The van der Waals surface area contributed by atoms with Crippen molar-refractivity contribution in [3.8, 4) is 0 Å². The Morgan fingerprint density at radius 3 is 2.81 bits per heavy atom. The SMILES string of the molecule is CC(Nc1cc(N)nc(C2CC2)n1)C(N)=O. The van der Waals surface area contributed by atoms with E-state index in [1.54, 1.807) is 13.0 Å². The molecule has 1 fully saturated rings. The molecule has 2 rings (SSSR count). The highest BCUT2D eigenvalue weighted by molar-refractivity contribution is 5.82. The molecule has 1 unspecified atom stereocenters. The van der Waals surface area contributed by atoms with Crippen LogP contribution in [-0.2, 0) is 4.79 Å². The first kappa shape index (κ1) is 10.7. The van der Waals surface area contributed by atoms with Crippen molar-refractivity contribution in [1.82, 2.24) is 9.97 Å². The quantitative estimate of drug-likeness (QED) is 0.674. The predicted octanol–water partition coefficient (Wildman–Crippen LogP) is 0.222. The van der Waals surface area contributed by atoms with E-state index in [1.807, 2.05) is 0 Å². The Balaban J connectivity index is 2.16. The Morgan fingerprint density at radius 1 is 1.56 bits per heavy atom. The zero-order valence-corrected chi connectivity index (χ0v) is 9.10. The van der Waals surface area contributed by atoms with Crippen molar-refractivity contribution in [1.29, 1.82) is 0 Å². The molecule has 1 aliphatic carbocycles. The second-order valence-corrected chi connectivity index (χ2v) is 4.08. The average Bonchev–Trinajstić information content (AvgIpc) is 2.99. The van der Waals surface area contributed by atoms with E-state index < -0.39 is 11.9 Å². The third kappa shape index (κ3) is 2.39. The lowest BCUT2D eigenvalue weighted by Crippen LogP contribution is -2.32. The monoisotopic (exact) mass is 221 g/mol. The molecule has 1 amide bonds. The predicted molar refractivity (Wildman–Crippen MR) is 60.7 cm³/mol. The van der Waals surface area contributed by atoms with Crippen LogP contribution in [0.5, 0.6) is 0 Å². The molecule has 0 bridgehead atoms. The van der Waals surface area contributed by atoms with Gasteiger partial charge in [0.25, 0.3) is 0 Å². The summed E-state index contributed by atoms with van der Waals surface area (Å²) in [5.41, 5.74) is 10.8. The van der Waals surface area contributed by atoms with Crippen LogP contribution in [0.25, 0.3) is 0 Å². The van der Waals surface area contributed by atoms with Crippen molar-refractivity contribution >= 4 is 17.5 Å². The van der Waals surface area contributed by atoms with Gasteiger partial charge in [0, 0.05) is 12.0 Å². The van der Waals surface area contributed by atoms with Gasteiger partial charge in [0.1, 0.15) is 23.5 Å². The number of amides is 1. The van der Waals surface area contributed by atoms with E-state index in [9.17, 15) is 4.79 Å². The van der Waals surface area contributed by atoms with Crippen LogP contribution in [0.2, 0.25) is 0 Å². The highest BCUT2D eigenvalue weighted by Gasteiger charge is 2.27. The number of nitrogen functional groups attached to an aromatic ring is 1. The van der Waals surface area contributed by atoms with Crippen molar-refractivity contribution < 1.29 is 4.79 Å². The molecular formula is C10H15N5O. The Morgan fingerprint density at radius 2 is 2.25 bits per heavy atom. The molecule has 0 spiro atoms. The lowest BCUT2D eigenvalue weighted by atomic mass is 10.3. The second kappa shape index (κ2) is 3.96. The van der Waals surface area contributed by atoms with Crippen LogP contribution in [0.1, 0.15) is 31.5 Å². The lowest BCUT2D eigenvalue weighted by Gasteiger charge is -2.11. The molecule has 1 aromatic rings. The van der Waals surface area contributed by atoms with E-state index in [1.165, 1.54) is 0 Å². The van der Waals surface area contributed by atoms with Gasteiger partial charge in [-0.15, -0.1) is 0 Å². The normalized spacial score (nSPS) is 16.8. The third-order valence-corrected chi connectivity index (χ3v) is 2.50. The first-order valence-electron chi connectivity index (χ1n) is 5.26. The first-order valence-corrected chi connectivity index (χ1v) is 5.26. The fourth-order valence-electron chi connectivity index (χ4n) is 1.38. The van der Waals surface area contributed by atoms with Gasteiger partial charge in [-0.2, -0.15) is 0 Å². The summed E-state index contributed by atoms with van der Waals surface area (Å²) in [6.45, 7) is 1.68. The van der Waals surface area contributed by atoms with E-state index in [2.05, 4.69) is 15.3 Å². The summed E-state index contributed by atoms with van der Waals surface area (Å²) in [7, 11) is 0. The van der Waals surface area contributed by atoms with Crippen molar-refractivity contribution in [2.75, 3.05) is 11.1 Å². The maximum Gasteiger partial charge on any atom is 0.239 e. The van der Waals surface area contributed by atoms with E-state index >= 15 is 0 Å². The Labute approximate surface area is 93.4 Å². The van der Waals surface area contributed by atoms with Gasteiger partial charge >= 0.3 is 0 Å². The minimum atomic E-state index is -0.471. The van der Waals surface area contributed by atoms with E-state index in [0.29, 0.717) is 17.6 Å². The third-order valence-electron chi connectivity index (χ3n) is 2.50. The molecule has 0 radical (unpaired) electrons. The number of rotatable bonds is 4. The molecule has 5 N–H and O–H groups in total. The number of nitrogens with one attached hydrogen (secondary N) is 1. The summed E-state index contributed by atoms with van der Waals surface area (Å²) in [4.78, 5) is 19.4. The van der Waals surface area contributed by atoms with Crippen molar-refractivity contribution in [2.24, 2.45) is 5.73 Å². The van der Waals surface area contributed by atoms with Crippen LogP contribution in [0.3, 0.4) is 0 Å². The van der Waals surface area contributed by atoms with Crippen molar-refractivity contribution in [3.63, 3.8) is 0 Å². The van der Waals surface area contributed by atoms with Crippen molar-refractivity contribution in [3.05, 3.63) is 11.9 Å². The summed E-state index contributed by atoms with van der Waals surface area (Å²) in [6.07, 6.45) is 2.21. The molecule has 6 nitrogen and oxygen atoms in total. The molecule has 1 heterocycles. The zero-order chi connectivity index (χ0) is 11.7. The molecule has 1 aromatic heterocycles. The average molecular weight is 221 g/mol. The molecule has 0 aliphatic heterocycles. The van der Waals surface area contributed by atoms with Gasteiger partial charge in [0.15, 0.2) is 0 Å². The number of nitrogens with two attached hydrogens (primary N) is 2. The molecule has 0 saturated heterocycles. The van der Waals surface area contributed by atoms with Crippen LogP contribution in [0, 0.1) is 0 Å². The summed E-state index contributed by atoms with van der Waals surface area (Å²) < 4.78 is 0. The molecule has 0 aromatic carbocycles. The maximum atomic E-state index is 10.9. The van der Waals surface area contributed by atoms with Gasteiger partial charge in [-0.05, 0) is 19.8 Å². The number of hydrogen-bond acceptors (Lipinski definition) is 5. The summed E-state index contributed by atoms with van der Waals surface area (Å²) in [5.74, 6) is 1.72. The van der Waals surface area contributed by atoms with Crippen LogP contribution in [0.4, 0.5) is 11.6 Å². The molecule has 1 atom stereocenters. The molecule has 1 saturated carbocycles. The van der Waals surface area contributed by atoms with Crippen molar-refractivity contribution in [2.45, 2.75) is 31.7 Å². The van der Waals surface area contributed by atoms with Gasteiger partial charge in [-0.1, -0.05) is 0 Å². The fraction of sp³-hybridized carbons (Fsp3) is 0.500. The standard InChI is InChI=1S/C10H15N5O/c1-5(9(12)16)13-8-4-7(11)14-10(15-8)6-2-3-6/h4-6H,2-3H2,1H3,(H2,12,16)(H3,11,13,14,15). The van der Waals surface area contributed by atoms with Gasteiger partial charge in [0.05, 0.1) is 0 Å². The van der Waals surface area contributed by atoms with Crippen LogP contribution < -0.4 is 16.8 Å². The lowest BCUT2D eigenvalue weighted by molar-refractivity contribution is -0.118. The molecule has 1 aliphatic rings. The topological polar surface area (TPSA) is 107 Å². The summed E-state index contributed by atoms with van der Waals surface area (Å²) in [5, 5.41) is 2.90. The second-order valence-electron chi connectivity index (χ2n) is 4.08. The highest BCUT2D eigenvalue weighted by Crippen LogP contribution is 2.38. The number of hydrogen-bond donors (Lipinski definition) is 3. The van der Waals surface area contributed by atoms with Gasteiger partial charge < -0.3 is 16.8 Å². The number of aromatic nitrogens is 2. The molecule has 6 heteroatoms. The fourth-order valence-corrected chi connectivity index (χ4v) is 1.38.